The van der Waals surface area contributed by atoms with Gasteiger partial charge in [-0.05, 0) is 83.9 Å². The molecule has 11 heteroatoms. The Balaban J connectivity index is 0.905. The number of benzene rings is 7. The van der Waals surface area contributed by atoms with E-state index in [-0.39, 0.29) is 6.10 Å². The molecule has 3 aliphatic heterocycles. The number of nitrogens with zero attached hydrogens (tertiary/aromatic N) is 8. The Hall–Kier alpha value is -7.86. The molecule has 2 atom stereocenters. The second-order valence-corrected chi connectivity index (χ2v) is 16.7. The third-order valence-electron chi connectivity index (χ3n) is 11.9. The number of oxazole rings is 1. The lowest BCUT2D eigenvalue weighted by Crippen LogP contribution is -2.42. The van der Waals surface area contributed by atoms with Crippen molar-refractivity contribution < 1.29 is 9.15 Å². The second-order valence-electron chi connectivity index (χ2n) is 15.7. The van der Waals surface area contributed by atoms with Crippen LogP contribution in [0.25, 0.3) is 53.5 Å². The van der Waals surface area contributed by atoms with Crippen molar-refractivity contribution in [2.24, 2.45) is 25.0 Å². The highest BCUT2D eigenvalue weighted by Gasteiger charge is 2.37. The van der Waals surface area contributed by atoms with Crippen molar-refractivity contribution in [2.45, 2.75) is 25.0 Å². The third kappa shape index (κ3) is 6.04. The first kappa shape index (κ1) is 35.9. The summed E-state index contributed by atoms with van der Waals surface area (Å²) in [4.78, 5) is 34.2. The topological polar surface area (TPSA) is 104 Å². The first-order chi connectivity index (χ1) is 31.2. The Morgan fingerprint density at radius 1 is 0.556 bits per heavy atom. The lowest BCUT2D eigenvalue weighted by Gasteiger charge is -2.32. The average molecular weight is 835 g/mol. The molecule has 0 bridgehead atoms. The fourth-order valence-corrected chi connectivity index (χ4v) is 10.2. The van der Waals surface area contributed by atoms with E-state index < -0.39 is 18.9 Å². The lowest BCUT2D eigenvalue weighted by molar-refractivity contribution is 0.0653. The standard InChI is InChI=1S/C52H34N8O2S/c1-8-24-44(60(50-55-40-20-4-5-21-41(40)56-50)52-58-43-23-7-10-26-46(43)62-52)34(15-1)36-16-12-17-37-35-28-27-32(30-47(35)63-48(36)37)31-13-11-14-33(29-31)59(49-53-38-18-2-3-19-39(38)54-49)51-57-42-22-6-9-25-45(42)61-51/h1-30,46,49-50,52H. The first-order valence-electron chi connectivity index (χ1n) is 20.9. The van der Waals surface area contributed by atoms with E-state index in [1.807, 2.05) is 102 Å². The summed E-state index contributed by atoms with van der Waals surface area (Å²) in [6, 6.07) is 54.4. The largest absolute Gasteiger partial charge is 0.423 e. The molecule has 4 aliphatic rings. The van der Waals surface area contributed by atoms with Gasteiger partial charge >= 0.3 is 6.01 Å². The van der Waals surface area contributed by atoms with Crippen molar-refractivity contribution in [3.05, 3.63) is 203 Å². The molecule has 0 radical (unpaired) electrons. The molecule has 9 aromatic rings. The van der Waals surface area contributed by atoms with E-state index in [0.717, 1.165) is 66.3 Å². The summed E-state index contributed by atoms with van der Waals surface area (Å²) in [5.74, 6) is 0. The van der Waals surface area contributed by atoms with Crippen molar-refractivity contribution >= 4 is 65.7 Å². The molecular weight excluding hydrogens is 801 g/mol. The van der Waals surface area contributed by atoms with Crippen LogP contribution in [0.1, 0.15) is 0 Å². The maximum absolute atomic E-state index is 6.62. The lowest BCUT2D eigenvalue weighted by atomic mass is 9.99. The zero-order chi connectivity index (χ0) is 41.4. The van der Waals surface area contributed by atoms with Crippen molar-refractivity contribution in [2.75, 3.05) is 9.80 Å². The highest BCUT2D eigenvalue weighted by Crippen LogP contribution is 2.45. The zero-order valence-electron chi connectivity index (χ0n) is 33.4. The molecule has 0 spiro atoms. The van der Waals surface area contributed by atoms with Crippen LogP contribution in [0.15, 0.2) is 211 Å². The molecule has 1 aliphatic carbocycles. The average Bonchev–Trinajstić information content (AvgIpc) is 4.18. The van der Waals surface area contributed by atoms with Crippen LogP contribution in [-0.4, -0.2) is 35.7 Å². The maximum Gasteiger partial charge on any atom is 0.306 e. The normalized spacial score (nSPS) is 17.5. The van der Waals surface area contributed by atoms with E-state index in [1.165, 1.54) is 20.2 Å². The van der Waals surface area contributed by atoms with Gasteiger partial charge in [-0.3, -0.25) is 9.80 Å². The van der Waals surface area contributed by atoms with Gasteiger partial charge in [0.05, 0.1) is 38.5 Å². The predicted molar refractivity (Wildman–Crippen MR) is 248 cm³/mol. The van der Waals surface area contributed by atoms with Gasteiger partial charge in [-0.25, -0.2) is 25.0 Å². The number of allylic oxidation sites excluding steroid dienone is 2. The van der Waals surface area contributed by atoms with E-state index in [0.29, 0.717) is 11.6 Å². The van der Waals surface area contributed by atoms with Crippen LogP contribution >= 0.6 is 11.3 Å². The van der Waals surface area contributed by atoms with E-state index in [2.05, 4.69) is 89.8 Å². The molecule has 63 heavy (non-hydrogen) atoms. The van der Waals surface area contributed by atoms with Gasteiger partial charge in [-0.1, -0.05) is 109 Å². The van der Waals surface area contributed by atoms with Crippen LogP contribution in [0.4, 0.5) is 17.4 Å². The van der Waals surface area contributed by atoms with E-state index in [1.54, 1.807) is 11.3 Å². The molecule has 13 rings (SSSR count). The molecule has 0 saturated heterocycles. The van der Waals surface area contributed by atoms with Crippen molar-refractivity contribution in [1.82, 2.24) is 4.98 Å². The summed E-state index contributed by atoms with van der Waals surface area (Å²) in [6.45, 7) is 0. The van der Waals surface area contributed by atoms with Crippen LogP contribution in [0.3, 0.4) is 0 Å². The highest BCUT2D eigenvalue weighted by atomic mass is 32.1. The van der Waals surface area contributed by atoms with Crippen molar-refractivity contribution in [1.29, 1.82) is 0 Å². The van der Waals surface area contributed by atoms with Crippen LogP contribution in [-0.2, 0) is 4.74 Å². The van der Waals surface area contributed by atoms with Crippen LogP contribution in [0.5, 0.6) is 0 Å². The number of para-hydroxylation sites is 7. The summed E-state index contributed by atoms with van der Waals surface area (Å²) in [5.41, 5.74) is 8.51. The molecule has 0 saturated carbocycles. The molecule has 5 heterocycles. The molecule has 300 valence electrons. The van der Waals surface area contributed by atoms with Crippen LogP contribution in [0.2, 0.25) is 0 Å². The predicted octanol–water partition coefficient (Wildman–Crippen LogP) is 9.20. The van der Waals surface area contributed by atoms with E-state index in [4.69, 9.17) is 39.1 Å². The number of hydrogen-bond donors (Lipinski definition) is 0. The number of thiophene rings is 1. The number of ether oxygens (including phenoxy) is 1. The molecule has 10 nitrogen and oxygen atoms in total. The zero-order valence-corrected chi connectivity index (χ0v) is 34.2. The van der Waals surface area contributed by atoms with Gasteiger partial charge in [-0.15, -0.1) is 11.3 Å². The number of aromatic nitrogens is 1. The first-order valence-corrected chi connectivity index (χ1v) is 21.7. The van der Waals surface area contributed by atoms with Gasteiger partial charge in [-0.2, -0.15) is 4.98 Å². The summed E-state index contributed by atoms with van der Waals surface area (Å²) >= 11 is 1.80. The number of rotatable bonds is 8. The fourth-order valence-electron chi connectivity index (χ4n) is 8.94. The molecule has 2 aromatic heterocycles. The minimum Gasteiger partial charge on any atom is -0.423 e. The van der Waals surface area contributed by atoms with Gasteiger partial charge in [0.25, 0.3) is 0 Å². The smallest absolute Gasteiger partial charge is 0.306 e. The molecule has 0 amide bonds. The second kappa shape index (κ2) is 14.4. The van der Waals surface area contributed by atoms with Gasteiger partial charge in [0, 0.05) is 31.3 Å². The number of hydrogen-bond acceptors (Lipinski definition) is 11. The summed E-state index contributed by atoms with van der Waals surface area (Å²) in [5, 5.41) is 5.79. The maximum atomic E-state index is 6.62. The third-order valence-corrected chi connectivity index (χ3v) is 13.1. The number of fused-ring (bicyclic) bond motifs is 7. The SMILES string of the molecule is C1=CC2=NC(N(c3ccccc3-c3cccc4c3sc3cc(-c5cccc(N(c6nc7ccccc7o6)C6N=c7ccccc7=N6)c5)ccc34)C3N=c4ccccc4=N3)OC2C=C1. The minimum absolute atomic E-state index is 0.228. The van der Waals surface area contributed by atoms with E-state index in [9.17, 15) is 0 Å². The molecular formula is C52H34N8O2S. The van der Waals surface area contributed by atoms with E-state index >= 15 is 0 Å². The Morgan fingerprint density at radius 3 is 2.05 bits per heavy atom. The fraction of sp³-hybridized carbons (Fsp3) is 0.0769. The summed E-state index contributed by atoms with van der Waals surface area (Å²) in [7, 11) is 0. The Morgan fingerprint density at radius 2 is 1.25 bits per heavy atom. The van der Waals surface area contributed by atoms with Gasteiger partial charge in [0.15, 0.2) is 5.58 Å². The van der Waals surface area contributed by atoms with Gasteiger partial charge < -0.3 is 9.15 Å². The molecule has 7 aromatic carbocycles. The monoisotopic (exact) mass is 834 g/mol. The highest BCUT2D eigenvalue weighted by molar-refractivity contribution is 7.26. The molecule has 2 unspecified atom stereocenters. The molecule has 0 fully saturated rings. The van der Waals surface area contributed by atoms with Gasteiger partial charge in [0.1, 0.15) is 11.6 Å². The number of aliphatic imine (C=N–C) groups is 1. The van der Waals surface area contributed by atoms with Crippen LogP contribution < -0.4 is 31.2 Å². The minimum atomic E-state index is -0.629. The van der Waals surface area contributed by atoms with Crippen molar-refractivity contribution in [3.8, 4) is 22.3 Å². The Labute approximate surface area is 363 Å². The van der Waals surface area contributed by atoms with Crippen LogP contribution in [0, 0.1) is 0 Å². The molecule has 0 N–H and O–H groups in total. The Kier molecular flexibility index (Phi) is 8.18. The quantitative estimate of drug-likeness (QED) is 0.152. The summed E-state index contributed by atoms with van der Waals surface area (Å²) < 4.78 is 15.4. The van der Waals surface area contributed by atoms with Crippen molar-refractivity contribution in [3.63, 3.8) is 0 Å². The number of anilines is 3. The summed E-state index contributed by atoms with van der Waals surface area (Å²) in [6.07, 6.45) is 6.07. The van der Waals surface area contributed by atoms with Gasteiger partial charge in [0.2, 0.25) is 18.9 Å². The Bertz CT molecular complexity index is 3600.